The summed E-state index contributed by atoms with van der Waals surface area (Å²) < 4.78 is 5.29. The topological polar surface area (TPSA) is 62.5 Å². The van der Waals surface area contributed by atoms with Gasteiger partial charge >= 0.3 is 5.97 Å². The Morgan fingerprint density at radius 2 is 2.06 bits per heavy atom. The lowest BCUT2D eigenvalue weighted by molar-refractivity contribution is 0.0697. The van der Waals surface area contributed by atoms with Crippen molar-refractivity contribution in [2.75, 3.05) is 0 Å². The van der Waals surface area contributed by atoms with Gasteiger partial charge in [0.25, 0.3) is 0 Å². The maximum Gasteiger partial charge on any atom is 0.335 e. The monoisotopic (exact) mass is 245 g/mol. The molecule has 18 heavy (non-hydrogen) atoms. The van der Waals surface area contributed by atoms with Crippen LogP contribution < -0.4 is 5.32 Å². The zero-order valence-electron chi connectivity index (χ0n) is 10.1. The Labute approximate surface area is 105 Å². The molecule has 0 amide bonds. The zero-order valence-corrected chi connectivity index (χ0v) is 10.1. The number of benzene rings is 1. The average molecular weight is 245 g/mol. The third kappa shape index (κ3) is 2.99. The summed E-state index contributed by atoms with van der Waals surface area (Å²) in [5.41, 5.74) is 1.34. The van der Waals surface area contributed by atoms with Crippen LogP contribution in [-0.2, 0) is 6.54 Å². The van der Waals surface area contributed by atoms with Crippen molar-refractivity contribution in [1.82, 2.24) is 5.32 Å². The van der Waals surface area contributed by atoms with Gasteiger partial charge in [0.15, 0.2) is 0 Å². The molecule has 2 N–H and O–H groups in total. The van der Waals surface area contributed by atoms with Gasteiger partial charge in [-0.05, 0) is 36.8 Å². The van der Waals surface area contributed by atoms with E-state index in [0.29, 0.717) is 12.1 Å². The minimum absolute atomic E-state index is 0.124. The summed E-state index contributed by atoms with van der Waals surface area (Å²) in [5.74, 6) is -0.0179. The Balaban J connectivity index is 1.92. The molecule has 0 saturated heterocycles. The molecule has 1 atom stereocenters. The molecule has 4 heteroatoms. The fourth-order valence-electron chi connectivity index (χ4n) is 1.67. The van der Waals surface area contributed by atoms with Gasteiger partial charge in [-0.2, -0.15) is 0 Å². The number of carbonyl (C=O) groups is 1. The molecule has 0 spiro atoms. The molecule has 2 aromatic rings. The van der Waals surface area contributed by atoms with E-state index >= 15 is 0 Å². The lowest BCUT2D eigenvalue weighted by atomic mass is 10.1. The van der Waals surface area contributed by atoms with Crippen LogP contribution in [0.15, 0.2) is 47.1 Å². The molecule has 0 saturated carbocycles. The number of nitrogens with one attached hydrogen (secondary N) is 1. The van der Waals surface area contributed by atoms with Crippen molar-refractivity contribution < 1.29 is 14.3 Å². The molecule has 94 valence electrons. The maximum absolute atomic E-state index is 10.7. The van der Waals surface area contributed by atoms with Crippen molar-refractivity contribution in [3.8, 4) is 0 Å². The molecular weight excluding hydrogens is 230 g/mol. The van der Waals surface area contributed by atoms with Gasteiger partial charge in [-0.1, -0.05) is 12.1 Å². The summed E-state index contributed by atoms with van der Waals surface area (Å²) in [6.45, 7) is 2.69. The molecule has 0 radical (unpaired) electrons. The molecule has 0 aliphatic carbocycles. The second kappa shape index (κ2) is 5.51. The van der Waals surface area contributed by atoms with Crippen LogP contribution in [-0.4, -0.2) is 11.1 Å². The van der Waals surface area contributed by atoms with E-state index in [-0.39, 0.29) is 6.04 Å². The highest BCUT2D eigenvalue weighted by atomic mass is 16.4. The van der Waals surface area contributed by atoms with Crippen LogP contribution in [0.25, 0.3) is 0 Å². The Kier molecular flexibility index (Phi) is 3.79. The third-order valence-corrected chi connectivity index (χ3v) is 2.78. The van der Waals surface area contributed by atoms with E-state index in [2.05, 4.69) is 5.32 Å². The largest absolute Gasteiger partial charge is 0.478 e. The highest BCUT2D eigenvalue weighted by Gasteiger charge is 2.07. The lowest BCUT2D eigenvalue weighted by Gasteiger charge is -2.11. The summed E-state index contributed by atoms with van der Waals surface area (Å²) in [6.07, 6.45) is 1.65. The van der Waals surface area contributed by atoms with Crippen LogP contribution in [0.3, 0.4) is 0 Å². The summed E-state index contributed by atoms with van der Waals surface area (Å²) >= 11 is 0. The summed E-state index contributed by atoms with van der Waals surface area (Å²) in [7, 11) is 0. The van der Waals surface area contributed by atoms with E-state index in [1.165, 1.54) is 0 Å². The Bertz CT molecular complexity index is 502. The average Bonchev–Trinajstić information content (AvgIpc) is 2.90. The number of rotatable bonds is 5. The SMILES string of the molecule is C[C@@H](NCc1ccc(C(=O)O)cc1)c1ccco1. The van der Waals surface area contributed by atoms with Crippen LogP contribution in [0.5, 0.6) is 0 Å². The third-order valence-electron chi connectivity index (χ3n) is 2.78. The van der Waals surface area contributed by atoms with Crippen molar-refractivity contribution in [2.45, 2.75) is 19.5 Å². The van der Waals surface area contributed by atoms with Gasteiger partial charge in [0, 0.05) is 6.54 Å². The Hall–Kier alpha value is -2.07. The second-order valence-corrected chi connectivity index (χ2v) is 4.12. The van der Waals surface area contributed by atoms with E-state index in [0.717, 1.165) is 11.3 Å². The van der Waals surface area contributed by atoms with E-state index in [1.807, 2.05) is 31.2 Å². The van der Waals surface area contributed by atoms with E-state index < -0.39 is 5.97 Å². The van der Waals surface area contributed by atoms with Crippen molar-refractivity contribution in [3.63, 3.8) is 0 Å². The van der Waals surface area contributed by atoms with Gasteiger partial charge in [-0.25, -0.2) is 4.79 Å². The van der Waals surface area contributed by atoms with Crippen LogP contribution >= 0.6 is 0 Å². The predicted octanol–water partition coefficient (Wildman–Crippen LogP) is 2.83. The van der Waals surface area contributed by atoms with Crippen LogP contribution in [0.2, 0.25) is 0 Å². The number of furan rings is 1. The molecule has 0 aliphatic rings. The van der Waals surface area contributed by atoms with Crippen LogP contribution in [0, 0.1) is 0 Å². The predicted molar refractivity (Wildman–Crippen MR) is 67.4 cm³/mol. The van der Waals surface area contributed by atoms with Gasteiger partial charge in [0.1, 0.15) is 5.76 Å². The molecule has 1 aromatic carbocycles. The number of carboxylic acid groups (broad SMARTS) is 1. The normalized spacial score (nSPS) is 12.3. The summed E-state index contributed by atoms with van der Waals surface area (Å²) in [6, 6.07) is 10.7. The Morgan fingerprint density at radius 3 is 2.61 bits per heavy atom. The molecule has 1 aromatic heterocycles. The van der Waals surface area contributed by atoms with E-state index in [9.17, 15) is 4.79 Å². The van der Waals surface area contributed by atoms with Crippen molar-refractivity contribution in [2.24, 2.45) is 0 Å². The molecule has 1 heterocycles. The first kappa shape index (κ1) is 12.4. The highest BCUT2D eigenvalue weighted by Crippen LogP contribution is 2.13. The van der Waals surface area contributed by atoms with Gasteiger partial charge in [-0.15, -0.1) is 0 Å². The smallest absolute Gasteiger partial charge is 0.335 e. The molecule has 2 rings (SSSR count). The van der Waals surface area contributed by atoms with Crippen molar-refractivity contribution in [1.29, 1.82) is 0 Å². The highest BCUT2D eigenvalue weighted by molar-refractivity contribution is 5.87. The summed E-state index contributed by atoms with van der Waals surface area (Å²) in [5, 5.41) is 12.1. The van der Waals surface area contributed by atoms with E-state index in [4.69, 9.17) is 9.52 Å². The first-order valence-corrected chi connectivity index (χ1v) is 5.76. The molecule has 0 bridgehead atoms. The number of hydrogen-bond acceptors (Lipinski definition) is 3. The molecule has 4 nitrogen and oxygen atoms in total. The molecule has 0 aliphatic heterocycles. The van der Waals surface area contributed by atoms with Gasteiger partial charge < -0.3 is 14.8 Å². The lowest BCUT2D eigenvalue weighted by Crippen LogP contribution is -2.17. The van der Waals surface area contributed by atoms with Gasteiger partial charge in [-0.3, -0.25) is 0 Å². The van der Waals surface area contributed by atoms with Gasteiger partial charge in [0.2, 0.25) is 0 Å². The van der Waals surface area contributed by atoms with Crippen LogP contribution in [0.4, 0.5) is 0 Å². The minimum Gasteiger partial charge on any atom is -0.478 e. The number of hydrogen-bond donors (Lipinski definition) is 2. The van der Waals surface area contributed by atoms with E-state index in [1.54, 1.807) is 18.4 Å². The maximum atomic E-state index is 10.7. The number of carboxylic acids is 1. The van der Waals surface area contributed by atoms with Gasteiger partial charge in [0.05, 0.1) is 17.9 Å². The zero-order chi connectivity index (χ0) is 13.0. The first-order valence-electron chi connectivity index (χ1n) is 5.76. The quantitative estimate of drug-likeness (QED) is 0.850. The molecule has 0 fully saturated rings. The standard InChI is InChI=1S/C14H15NO3/c1-10(13-3-2-8-18-13)15-9-11-4-6-12(7-5-11)14(16)17/h2-8,10,15H,9H2,1H3,(H,16,17)/t10-/m1/s1. The first-order chi connectivity index (χ1) is 8.66. The fourth-order valence-corrected chi connectivity index (χ4v) is 1.67. The fraction of sp³-hybridized carbons (Fsp3) is 0.214. The van der Waals surface area contributed by atoms with Crippen LogP contribution in [0.1, 0.15) is 34.6 Å². The minimum atomic E-state index is -0.904. The number of aromatic carboxylic acids is 1. The second-order valence-electron chi connectivity index (χ2n) is 4.12. The Morgan fingerprint density at radius 1 is 1.33 bits per heavy atom. The molecule has 0 unspecified atom stereocenters. The summed E-state index contributed by atoms with van der Waals surface area (Å²) in [4.78, 5) is 10.7. The molecular formula is C14H15NO3. The van der Waals surface area contributed by atoms with Crippen molar-refractivity contribution in [3.05, 3.63) is 59.5 Å². The van der Waals surface area contributed by atoms with Crippen molar-refractivity contribution >= 4 is 5.97 Å².